The number of hydrogen-bond donors (Lipinski definition) is 0. The van der Waals surface area contributed by atoms with E-state index in [0.717, 1.165) is 60.4 Å². The Labute approximate surface area is 260 Å². The number of aromatic nitrogens is 2. The van der Waals surface area contributed by atoms with Gasteiger partial charge in [-0.3, -0.25) is 0 Å². The number of hydrogen-bond acceptors (Lipinski definition) is 4. The lowest BCUT2D eigenvalue weighted by atomic mass is 10.1. The van der Waals surface area contributed by atoms with Crippen LogP contribution in [0.15, 0.2) is 115 Å². The minimum Gasteiger partial charge on any atom is -0.309 e. The summed E-state index contributed by atoms with van der Waals surface area (Å²) >= 11 is 1.75. The molecule has 206 valence electrons. The first kappa shape index (κ1) is 25.1. The van der Waals surface area contributed by atoms with Crippen molar-refractivity contribution in [3.05, 3.63) is 132 Å². The van der Waals surface area contributed by atoms with Gasteiger partial charge in [0.25, 0.3) is 0 Å². The van der Waals surface area contributed by atoms with Gasteiger partial charge in [0.05, 0.1) is 57.0 Å². The molecule has 0 radical (unpaired) electrons. The van der Waals surface area contributed by atoms with E-state index in [9.17, 15) is 15.8 Å². The number of nitriles is 3. The van der Waals surface area contributed by atoms with E-state index >= 15 is 0 Å². The van der Waals surface area contributed by atoms with Crippen LogP contribution >= 0.6 is 11.3 Å². The molecule has 0 atom stereocenters. The molecule has 0 amide bonds. The van der Waals surface area contributed by atoms with Gasteiger partial charge in [-0.1, -0.05) is 24.3 Å². The number of rotatable bonds is 2. The average Bonchev–Trinajstić information content (AvgIpc) is 3.73. The minimum atomic E-state index is 0.583. The first-order chi connectivity index (χ1) is 22.1. The monoisotopic (exact) mass is 589 g/mol. The quantitative estimate of drug-likeness (QED) is 0.201. The molecule has 3 aromatic heterocycles. The van der Waals surface area contributed by atoms with Crippen molar-refractivity contribution in [2.45, 2.75) is 0 Å². The lowest BCUT2D eigenvalue weighted by molar-refractivity contribution is 1.13. The number of thiophene rings is 1. The maximum atomic E-state index is 9.62. The van der Waals surface area contributed by atoms with Crippen LogP contribution in [0.4, 0.5) is 0 Å². The van der Waals surface area contributed by atoms with Crippen molar-refractivity contribution >= 4 is 75.1 Å². The third-order valence-corrected chi connectivity index (χ3v) is 9.90. The number of para-hydroxylation sites is 1. The molecule has 6 aromatic carbocycles. The Morgan fingerprint density at radius 3 is 1.60 bits per heavy atom. The van der Waals surface area contributed by atoms with Gasteiger partial charge in [0.15, 0.2) is 0 Å². The van der Waals surface area contributed by atoms with Crippen LogP contribution in [-0.4, -0.2) is 9.13 Å². The molecule has 0 bridgehead atoms. The van der Waals surface area contributed by atoms with Crippen molar-refractivity contribution in [1.29, 1.82) is 15.8 Å². The van der Waals surface area contributed by atoms with E-state index in [4.69, 9.17) is 0 Å². The zero-order chi connectivity index (χ0) is 30.2. The van der Waals surface area contributed by atoms with Crippen LogP contribution in [0.1, 0.15) is 16.7 Å². The Hall–Kier alpha value is -6.39. The van der Waals surface area contributed by atoms with E-state index in [-0.39, 0.29) is 0 Å². The van der Waals surface area contributed by atoms with Crippen molar-refractivity contribution in [1.82, 2.24) is 9.13 Å². The first-order valence-electron chi connectivity index (χ1n) is 14.4. The Bertz CT molecular complexity index is 2790. The van der Waals surface area contributed by atoms with Gasteiger partial charge in [0.1, 0.15) is 0 Å². The van der Waals surface area contributed by atoms with Gasteiger partial charge >= 0.3 is 0 Å². The second-order valence-corrected chi connectivity index (χ2v) is 12.3. The second kappa shape index (κ2) is 9.30. The normalized spacial score (nSPS) is 11.5. The SMILES string of the molecule is N#Cc1ccc2sc3cc4c(cc3c2c1)c1ccccc1n4-c1cccc(-n2c3ccc(C#N)cc3c3cc(C#N)ccc32)c1. The summed E-state index contributed by atoms with van der Waals surface area (Å²) in [6.07, 6.45) is 0. The van der Waals surface area contributed by atoms with E-state index in [0.29, 0.717) is 16.7 Å². The van der Waals surface area contributed by atoms with Crippen LogP contribution in [0, 0.1) is 34.0 Å². The molecule has 3 heterocycles. The molecule has 0 saturated carbocycles. The van der Waals surface area contributed by atoms with Gasteiger partial charge < -0.3 is 9.13 Å². The Kier molecular flexibility index (Phi) is 5.20. The molecule has 0 aliphatic heterocycles. The summed E-state index contributed by atoms with van der Waals surface area (Å²) in [5.74, 6) is 0. The molecule has 45 heavy (non-hydrogen) atoms. The highest BCUT2D eigenvalue weighted by molar-refractivity contribution is 7.25. The molecular formula is C39H19N5S. The minimum absolute atomic E-state index is 0.583. The highest BCUT2D eigenvalue weighted by Crippen LogP contribution is 2.41. The van der Waals surface area contributed by atoms with Crippen LogP contribution in [-0.2, 0) is 0 Å². The second-order valence-electron chi connectivity index (χ2n) is 11.2. The van der Waals surface area contributed by atoms with Gasteiger partial charge in [-0.25, -0.2) is 0 Å². The third kappa shape index (κ3) is 3.57. The van der Waals surface area contributed by atoms with Crippen LogP contribution < -0.4 is 0 Å². The van der Waals surface area contributed by atoms with Gasteiger partial charge in [0.2, 0.25) is 0 Å². The van der Waals surface area contributed by atoms with Gasteiger partial charge in [-0.2, -0.15) is 15.8 Å². The highest BCUT2D eigenvalue weighted by atomic mass is 32.1. The molecule has 0 unspecified atom stereocenters. The van der Waals surface area contributed by atoms with Crippen molar-refractivity contribution < 1.29 is 0 Å². The average molecular weight is 590 g/mol. The summed E-state index contributed by atoms with van der Waals surface area (Å²) in [6.45, 7) is 0. The molecule has 5 nitrogen and oxygen atoms in total. The van der Waals surface area contributed by atoms with E-state index in [2.05, 4.69) is 88.0 Å². The third-order valence-electron chi connectivity index (χ3n) is 8.76. The molecule has 6 heteroatoms. The predicted octanol–water partition coefficient (Wildman–Crippen LogP) is 9.86. The molecule has 0 N–H and O–H groups in total. The first-order valence-corrected chi connectivity index (χ1v) is 15.3. The predicted molar refractivity (Wildman–Crippen MR) is 182 cm³/mol. The molecule has 0 aliphatic rings. The summed E-state index contributed by atoms with van der Waals surface area (Å²) in [5.41, 5.74) is 8.03. The number of benzene rings is 6. The zero-order valence-corrected chi connectivity index (χ0v) is 24.4. The van der Waals surface area contributed by atoms with Gasteiger partial charge in [0, 0.05) is 53.1 Å². The van der Waals surface area contributed by atoms with Gasteiger partial charge in [-0.05, 0) is 91.0 Å². The standard InChI is InChI=1S/C39H19N5S/c40-20-23-8-11-35-29(14-23)30-15-24(21-41)9-12-36(30)43(35)26-4-3-5-27(17-26)44-34-7-2-1-6-28(34)31-18-33-32-16-25(22-42)10-13-38(32)45-39(33)19-37(31)44/h1-19H. The molecule has 0 spiro atoms. The maximum Gasteiger partial charge on any atom is 0.0991 e. The largest absolute Gasteiger partial charge is 0.309 e. The lowest BCUT2D eigenvalue weighted by Gasteiger charge is -2.13. The lowest BCUT2D eigenvalue weighted by Crippen LogP contribution is -1.98. The van der Waals surface area contributed by atoms with Crippen LogP contribution in [0.25, 0.3) is 75.2 Å². The van der Waals surface area contributed by atoms with E-state index in [1.54, 1.807) is 11.3 Å². The topological polar surface area (TPSA) is 81.2 Å². The van der Waals surface area contributed by atoms with Crippen LogP contribution in [0.2, 0.25) is 0 Å². The van der Waals surface area contributed by atoms with Crippen molar-refractivity contribution in [3.8, 4) is 29.6 Å². The van der Waals surface area contributed by atoms with Crippen LogP contribution in [0.3, 0.4) is 0 Å². The van der Waals surface area contributed by atoms with E-state index in [1.165, 1.54) is 14.8 Å². The summed E-state index contributed by atoms with van der Waals surface area (Å²) in [7, 11) is 0. The summed E-state index contributed by atoms with van der Waals surface area (Å²) in [5, 5.41) is 35.2. The van der Waals surface area contributed by atoms with E-state index in [1.807, 2.05) is 54.6 Å². The Morgan fingerprint density at radius 1 is 0.400 bits per heavy atom. The molecule has 9 aromatic rings. The number of fused-ring (bicyclic) bond motifs is 9. The fourth-order valence-electron chi connectivity index (χ4n) is 6.80. The van der Waals surface area contributed by atoms with Crippen molar-refractivity contribution in [3.63, 3.8) is 0 Å². The highest BCUT2D eigenvalue weighted by Gasteiger charge is 2.18. The smallest absolute Gasteiger partial charge is 0.0991 e. The zero-order valence-electron chi connectivity index (χ0n) is 23.6. The molecule has 0 saturated heterocycles. The molecular weight excluding hydrogens is 571 g/mol. The Balaban J connectivity index is 1.33. The molecule has 0 fully saturated rings. The maximum absolute atomic E-state index is 9.62. The van der Waals surface area contributed by atoms with Crippen molar-refractivity contribution in [2.75, 3.05) is 0 Å². The summed E-state index contributed by atoms with van der Waals surface area (Å²) in [6, 6.07) is 45.8. The Morgan fingerprint density at radius 2 is 0.933 bits per heavy atom. The fourth-order valence-corrected chi connectivity index (χ4v) is 7.90. The fraction of sp³-hybridized carbons (Fsp3) is 0. The van der Waals surface area contributed by atoms with Gasteiger partial charge in [-0.15, -0.1) is 11.3 Å². The molecule has 0 aliphatic carbocycles. The van der Waals surface area contributed by atoms with Crippen molar-refractivity contribution in [2.24, 2.45) is 0 Å². The van der Waals surface area contributed by atoms with Crippen LogP contribution in [0.5, 0.6) is 0 Å². The molecule has 9 rings (SSSR count). The summed E-state index contributed by atoms with van der Waals surface area (Å²) < 4.78 is 6.88. The summed E-state index contributed by atoms with van der Waals surface area (Å²) in [4.78, 5) is 0. The van der Waals surface area contributed by atoms with E-state index < -0.39 is 0 Å². The number of nitrogens with zero attached hydrogens (tertiary/aromatic N) is 5.